The van der Waals surface area contributed by atoms with Crippen molar-refractivity contribution in [3.63, 3.8) is 0 Å². The number of hydrogen-bond acceptors (Lipinski definition) is 3. The number of amides is 1. The highest BCUT2D eigenvalue weighted by atomic mass is 19.1. The van der Waals surface area contributed by atoms with E-state index < -0.39 is 17.3 Å². The lowest BCUT2D eigenvalue weighted by Crippen LogP contribution is -2.38. The SMILES string of the molecule is C.[C-]#[N+]c1ccc2nc(NC(=O)C[C@](C)(O)c3ccc(F)cc3)n(C3(C)CCC3)c2c1. The molecule has 1 aromatic heterocycles. The first-order chi connectivity index (χ1) is 14.2. The first-order valence-electron chi connectivity index (χ1n) is 9.91. The lowest BCUT2D eigenvalue weighted by molar-refractivity contribution is -0.120. The second-order valence-corrected chi connectivity index (χ2v) is 8.41. The van der Waals surface area contributed by atoms with Gasteiger partial charge in [-0.2, -0.15) is 0 Å². The number of fused-ring (bicyclic) bond motifs is 1. The number of nitrogens with one attached hydrogen (secondary N) is 1. The molecular weight excluding hydrogens is 395 g/mol. The number of halogens is 1. The van der Waals surface area contributed by atoms with Gasteiger partial charge in [-0.3, -0.25) is 10.1 Å². The van der Waals surface area contributed by atoms with Crippen molar-refractivity contribution in [2.75, 3.05) is 5.32 Å². The quantitative estimate of drug-likeness (QED) is 0.534. The molecule has 0 spiro atoms. The average Bonchev–Trinajstić information content (AvgIpc) is 3.02. The van der Waals surface area contributed by atoms with Gasteiger partial charge in [-0.15, -0.1) is 0 Å². The maximum Gasteiger partial charge on any atom is 0.229 e. The molecule has 31 heavy (non-hydrogen) atoms. The number of imidazole rings is 1. The van der Waals surface area contributed by atoms with Crippen LogP contribution in [-0.4, -0.2) is 20.6 Å². The Kier molecular flexibility index (Phi) is 5.88. The minimum atomic E-state index is -1.45. The maximum absolute atomic E-state index is 13.2. The summed E-state index contributed by atoms with van der Waals surface area (Å²) in [6.45, 7) is 10.9. The number of benzene rings is 2. The van der Waals surface area contributed by atoms with E-state index in [4.69, 9.17) is 6.57 Å². The van der Waals surface area contributed by atoms with E-state index in [1.54, 1.807) is 18.2 Å². The summed E-state index contributed by atoms with van der Waals surface area (Å²) in [5, 5.41) is 13.6. The Hall–Kier alpha value is -3.24. The molecule has 1 amide bonds. The van der Waals surface area contributed by atoms with Crippen LogP contribution < -0.4 is 5.32 Å². The molecule has 0 saturated heterocycles. The highest BCUT2D eigenvalue weighted by molar-refractivity contribution is 5.93. The van der Waals surface area contributed by atoms with Crippen LogP contribution in [0.2, 0.25) is 0 Å². The molecule has 0 bridgehead atoms. The van der Waals surface area contributed by atoms with Crippen LogP contribution in [0, 0.1) is 12.4 Å². The van der Waals surface area contributed by atoms with E-state index in [1.165, 1.54) is 31.2 Å². The molecule has 1 aliphatic carbocycles. The molecular formula is C24H27FN4O2. The van der Waals surface area contributed by atoms with Crippen molar-refractivity contribution in [2.45, 2.75) is 58.1 Å². The van der Waals surface area contributed by atoms with Crippen LogP contribution in [0.1, 0.15) is 52.5 Å². The predicted octanol–water partition coefficient (Wildman–Crippen LogP) is 5.50. The van der Waals surface area contributed by atoms with Crippen LogP contribution in [0.15, 0.2) is 42.5 Å². The minimum absolute atomic E-state index is 0. The smallest absolute Gasteiger partial charge is 0.229 e. The molecule has 162 valence electrons. The van der Waals surface area contributed by atoms with Gasteiger partial charge in [0.15, 0.2) is 5.69 Å². The fourth-order valence-corrected chi connectivity index (χ4v) is 4.07. The second kappa shape index (κ2) is 8.12. The van der Waals surface area contributed by atoms with Crippen molar-refractivity contribution in [1.82, 2.24) is 9.55 Å². The van der Waals surface area contributed by atoms with Gasteiger partial charge in [0.25, 0.3) is 0 Å². The Balaban J connectivity index is 0.00000272. The van der Waals surface area contributed by atoms with Gasteiger partial charge in [-0.1, -0.05) is 25.6 Å². The monoisotopic (exact) mass is 422 g/mol. The third kappa shape index (κ3) is 4.17. The Labute approximate surface area is 181 Å². The summed E-state index contributed by atoms with van der Waals surface area (Å²) in [4.78, 5) is 20.9. The van der Waals surface area contributed by atoms with E-state index in [0.29, 0.717) is 22.7 Å². The second-order valence-electron chi connectivity index (χ2n) is 8.41. The molecule has 0 radical (unpaired) electrons. The molecule has 4 rings (SSSR count). The number of hydrogen-bond donors (Lipinski definition) is 2. The van der Waals surface area contributed by atoms with Crippen molar-refractivity contribution >= 4 is 28.6 Å². The van der Waals surface area contributed by atoms with Gasteiger partial charge in [0.2, 0.25) is 11.9 Å². The fourth-order valence-electron chi connectivity index (χ4n) is 4.07. The molecule has 1 heterocycles. The first kappa shape index (κ1) is 22.4. The van der Waals surface area contributed by atoms with Crippen molar-refractivity contribution < 1.29 is 14.3 Å². The highest BCUT2D eigenvalue weighted by Crippen LogP contribution is 2.43. The molecule has 1 saturated carbocycles. The van der Waals surface area contributed by atoms with E-state index >= 15 is 0 Å². The highest BCUT2D eigenvalue weighted by Gasteiger charge is 2.37. The Morgan fingerprint density at radius 3 is 2.58 bits per heavy atom. The van der Waals surface area contributed by atoms with Gasteiger partial charge in [0, 0.05) is 5.54 Å². The van der Waals surface area contributed by atoms with E-state index in [1.807, 2.05) is 4.57 Å². The third-order valence-corrected chi connectivity index (χ3v) is 5.96. The lowest BCUT2D eigenvalue weighted by Gasteiger charge is -2.41. The van der Waals surface area contributed by atoms with Crippen molar-refractivity contribution in [2.24, 2.45) is 0 Å². The summed E-state index contributed by atoms with van der Waals surface area (Å²) in [5.41, 5.74) is 0.857. The van der Waals surface area contributed by atoms with Crippen molar-refractivity contribution in [3.05, 3.63) is 65.3 Å². The number of nitrogens with zero attached hydrogens (tertiary/aromatic N) is 3. The van der Waals surface area contributed by atoms with Crippen molar-refractivity contribution in [1.29, 1.82) is 0 Å². The largest absolute Gasteiger partial charge is 0.385 e. The van der Waals surface area contributed by atoms with Crippen LogP contribution in [0.5, 0.6) is 0 Å². The number of aromatic nitrogens is 2. The standard InChI is InChI=1S/C23H23FN4O2.CH4/c1-22(11-4-12-22)28-19-13-17(25-3)9-10-18(19)26-21(28)27-20(29)14-23(2,30)15-5-7-16(24)8-6-15;/h5-10,13,30H,4,11-12,14H2,1-2H3,(H,26,27,29);1H4/t23-;/m0./s1. The Bertz CT molecular complexity index is 1150. The molecule has 1 atom stereocenters. The predicted molar refractivity (Wildman–Crippen MR) is 119 cm³/mol. The van der Waals surface area contributed by atoms with Gasteiger partial charge in [0.1, 0.15) is 5.82 Å². The Morgan fingerprint density at radius 1 is 1.32 bits per heavy atom. The number of anilines is 1. The zero-order valence-electron chi connectivity index (χ0n) is 16.9. The number of carbonyl (C=O) groups is 1. The third-order valence-electron chi connectivity index (χ3n) is 5.96. The Morgan fingerprint density at radius 2 is 2.00 bits per heavy atom. The lowest BCUT2D eigenvalue weighted by atomic mass is 9.78. The summed E-state index contributed by atoms with van der Waals surface area (Å²) in [6, 6.07) is 10.7. The minimum Gasteiger partial charge on any atom is -0.385 e. The molecule has 2 aromatic carbocycles. The van der Waals surface area contributed by atoms with E-state index in [9.17, 15) is 14.3 Å². The van der Waals surface area contributed by atoms with Gasteiger partial charge in [-0.05, 0) is 62.9 Å². The molecule has 1 fully saturated rings. The molecule has 3 aromatic rings. The molecule has 1 aliphatic rings. The molecule has 0 unspecified atom stereocenters. The maximum atomic E-state index is 13.2. The molecule has 2 N–H and O–H groups in total. The van der Waals surface area contributed by atoms with Crippen LogP contribution >= 0.6 is 0 Å². The summed E-state index contributed by atoms with van der Waals surface area (Å²) >= 11 is 0. The van der Waals surface area contributed by atoms with E-state index in [-0.39, 0.29) is 19.4 Å². The van der Waals surface area contributed by atoms with Gasteiger partial charge < -0.3 is 9.67 Å². The van der Waals surface area contributed by atoms with Gasteiger partial charge in [0.05, 0.1) is 29.6 Å². The molecule has 7 heteroatoms. The number of carbonyl (C=O) groups excluding carboxylic acids is 1. The topological polar surface area (TPSA) is 71.5 Å². The van der Waals surface area contributed by atoms with Crippen LogP contribution in [0.25, 0.3) is 15.9 Å². The normalized spacial score (nSPS) is 16.5. The number of rotatable bonds is 5. The van der Waals surface area contributed by atoms with Crippen LogP contribution in [0.4, 0.5) is 16.0 Å². The van der Waals surface area contributed by atoms with E-state index in [2.05, 4.69) is 22.1 Å². The van der Waals surface area contributed by atoms with Crippen LogP contribution in [-0.2, 0) is 15.9 Å². The van der Waals surface area contributed by atoms with E-state index in [0.717, 1.165) is 24.8 Å². The summed E-state index contributed by atoms with van der Waals surface area (Å²) in [7, 11) is 0. The van der Waals surface area contributed by atoms with Crippen molar-refractivity contribution in [3.8, 4) is 0 Å². The van der Waals surface area contributed by atoms with Crippen LogP contribution in [0.3, 0.4) is 0 Å². The zero-order chi connectivity index (χ0) is 21.5. The molecule has 6 nitrogen and oxygen atoms in total. The zero-order valence-corrected chi connectivity index (χ0v) is 16.9. The first-order valence-corrected chi connectivity index (χ1v) is 9.91. The average molecular weight is 423 g/mol. The summed E-state index contributed by atoms with van der Waals surface area (Å²) < 4.78 is 15.2. The molecule has 0 aliphatic heterocycles. The summed E-state index contributed by atoms with van der Waals surface area (Å²) in [6.07, 6.45) is 2.80. The summed E-state index contributed by atoms with van der Waals surface area (Å²) in [5.74, 6) is -0.385. The van der Waals surface area contributed by atoms with Gasteiger partial charge >= 0.3 is 0 Å². The van der Waals surface area contributed by atoms with Gasteiger partial charge in [-0.25, -0.2) is 14.2 Å². The fraction of sp³-hybridized carbons (Fsp3) is 0.375. The number of aliphatic hydroxyl groups is 1.